The molecule has 0 bridgehead atoms. The molecule has 82 valence electrons. The Labute approximate surface area is 83.8 Å². The van der Waals surface area contributed by atoms with Crippen LogP contribution in [0.15, 0.2) is 0 Å². The standard InChI is InChI=1S/C9H18N2O3/c1-7(11)9(13)14-8(12)5-3-2-4-6-10/h7H,2-6,10-11H2,1H3/t7-/m1/s1. The van der Waals surface area contributed by atoms with E-state index in [0.717, 1.165) is 12.8 Å². The van der Waals surface area contributed by atoms with E-state index in [1.54, 1.807) is 0 Å². The van der Waals surface area contributed by atoms with Crippen LogP contribution in [0.25, 0.3) is 0 Å². The van der Waals surface area contributed by atoms with E-state index in [2.05, 4.69) is 4.74 Å². The van der Waals surface area contributed by atoms with Crippen molar-refractivity contribution in [3.63, 3.8) is 0 Å². The number of unbranched alkanes of at least 4 members (excludes halogenated alkanes) is 2. The van der Waals surface area contributed by atoms with Crippen LogP contribution in [0.3, 0.4) is 0 Å². The topological polar surface area (TPSA) is 95.4 Å². The highest BCUT2D eigenvalue weighted by Gasteiger charge is 2.13. The first-order valence-electron chi connectivity index (χ1n) is 4.78. The van der Waals surface area contributed by atoms with Crippen LogP contribution in [0, 0.1) is 0 Å². The fourth-order valence-electron chi connectivity index (χ4n) is 0.847. The number of ether oxygens (including phenoxy) is 1. The minimum atomic E-state index is -0.747. The van der Waals surface area contributed by atoms with Crippen molar-refractivity contribution >= 4 is 11.9 Å². The molecule has 0 aliphatic rings. The smallest absolute Gasteiger partial charge is 0.330 e. The van der Waals surface area contributed by atoms with Gasteiger partial charge in [0.1, 0.15) is 6.04 Å². The van der Waals surface area contributed by atoms with Gasteiger partial charge in [-0.3, -0.25) is 4.79 Å². The molecule has 5 heteroatoms. The second-order valence-electron chi connectivity index (χ2n) is 3.18. The molecule has 0 saturated carbocycles. The lowest BCUT2D eigenvalue weighted by Gasteiger charge is -2.04. The van der Waals surface area contributed by atoms with Gasteiger partial charge in [0.15, 0.2) is 0 Å². The van der Waals surface area contributed by atoms with E-state index in [9.17, 15) is 9.59 Å². The number of carbonyl (C=O) groups is 2. The molecule has 0 aliphatic heterocycles. The molecule has 0 rings (SSSR count). The highest BCUT2D eigenvalue weighted by molar-refractivity contribution is 5.87. The van der Waals surface area contributed by atoms with Crippen LogP contribution < -0.4 is 11.5 Å². The van der Waals surface area contributed by atoms with Crippen molar-refractivity contribution in [2.45, 2.75) is 38.6 Å². The Morgan fingerprint density at radius 2 is 1.93 bits per heavy atom. The lowest BCUT2D eigenvalue weighted by molar-refractivity contribution is -0.160. The van der Waals surface area contributed by atoms with E-state index in [4.69, 9.17) is 11.5 Å². The van der Waals surface area contributed by atoms with Gasteiger partial charge in [-0.15, -0.1) is 0 Å². The van der Waals surface area contributed by atoms with Gasteiger partial charge in [-0.1, -0.05) is 6.42 Å². The highest BCUT2D eigenvalue weighted by atomic mass is 16.6. The molecule has 4 N–H and O–H groups in total. The molecule has 0 aromatic rings. The van der Waals surface area contributed by atoms with Crippen molar-refractivity contribution in [2.75, 3.05) is 6.54 Å². The lowest BCUT2D eigenvalue weighted by atomic mass is 10.2. The predicted molar refractivity (Wildman–Crippen MR) is 52.3 cm³/mol. The van der Waals surface area contributed by atoms with Gasteiger partial charge in [0.25, 0.3) is 0 Å². The average Bonchev–Trinajstić information content (AvgIpc) is 2.12. The summed E-state index contributed by atoms with van der Waals surface area (Å²) in [5.74, 6) is -1.18. The molecule has 0 saturated heterocycles. The van der Waals surface area contributed by atoms with Crippen LogP contribution in [0.2, 0.25) is 0 Å². The Bertz CT molecular complexity index is 192. The number of hydrogen-bond acceptors (Lipinski definition) is 5. The van der Waals surface area contributed by atoms with Crippen molar-refractivity contribution in [1.29, 1.82) is 0 Å². The molecule has 0 aliphatic carbocycles. The van der Waals surface area contributed by atoms with E-state index in [1.165, 1.54) is 6.92 Å². The van der Waals surface area contributed by atoms with Crippen LogP contribution in [-0.4, -0.2) is 24.5 Å². The van der Waals surface area contributed by atoms with Gasteiger partial charge < -0.3 is 16.2 Å². The highest BCUT2D eigenvalue weighted by Crippen LogP contribution is 2.00. The van der Waals surface area contributed by atoms with Crippen LogP contribution >= 0.6 is 0 Å². The summed E-state index contributed by atoms with van der Waals surface area (Å²) >= 11 is 0. The molecule has 0 aromatic carbocycles. The molecule has 0 spiro atoms. The minimum Gasteiger partial charge on any atom is -0.392 e. The third kappa shape index (κ3) is 6.56. The number of hydrogen-bond donors (Lipinski definition) is 2. The van der Waals surface area contributed by atoms with Crippen molar-refractivity contribution in [2.24, 2.45) is 11.5 Å². The summed E-state index contributed by atoms with van der Waals surface area (Å²) in [5, 5.41) is 0. The second-order valence-corrected chi connectivity index (χ2v) is 3.18. The van der Waals surface area contributed by atoms with Crippen LogP contribution in [0.4, 0.5) is 0 Å². The maximum absolute atomic E-state index is 11.0. The Morgan fingerprint density at radius 1 is 1.29 bits per heavy atom. The molecule has 0 unspecified atom stereocenters. The first-order valence-corrected chi connectivity index (χ1v) is 4.78. The molecule has 0 fully saturated rings. The zero-order chi connectivity index (χ0) is 11.0. The van der Waals surface area contributed by atoms with Gasteiger partial charge >= 0.3 is 11.9 Å². The number of rotatable bonds is 6. The van der Waals surface area contributed by atoms with Crippen molar-refractivity contribution in [1.82, 2.24) is 0 Å². The van der Waals surface area contributed by atoms with Gasteiger partial charge in [-0.25, -0.2) is 4.79 Å². The fourth-order valence-corrected chi connectivity index (χ4v) is 0.847. The minimum absolute atomic E-state index is 0.248. The summed E-state index contributed by atoms with van der Waals surface area (Å²) in [4.78, 5) is 21.8. The number of nitrogens with two attached hydrogens (primary N) is 2. The maximum Gasteiger partial charge on any atom is 0.330 e. The summed E-state index contributed by atoms with van der Waals surface area (Å²) in [5.41, 5.74) is 10.5. The van der Waals surface area contributed by atoms with E-state index < -0.39 is 18.0 Å². The molecule has 0 heterocycles. The quantitative estimate of drug-likeness (QED) is 0.357. The van der Waals surface area contributed by atoms with Crippen molar-refractivity contribution in [3.05, 3.63) is 0 Å². The lowest BCUT2D eigenvalue weighted by Crippen LogP contribution is -2.30. The van der Waals surface area contributed by atoms with Crippen LogP contribution in [0.1, 0.15) is 32.6 Å². The summed E-state index contributed by atoms with van der Waals surface area (Å²) in [6.07, 6.45) is 2.70. The summed E-state index contributed by atoms with van der Waals surface area (Å²) in [6.45, 7) is 2.10. The molecule has 0 amide bonds. The maximum atomic E-state index is 11.0. The van der Waals surface area contributed by atoms with Gasteiger partial charge in [0.05, 0.1) is 0 Å². The van der Waals surface area contributed by atoms with E-state index in [0.29, 0.717) is 13.0 Å². The number of carbonyl (C=O) groups excluding carboxylic acids is 2. The summed E-state index contributed by atoms with van der Waals surface area (Å²) < 4.78 is 4.46. The zero-order valence-electron chi connectivity index (χ0n) is 8.49. The van der Waals surface area contributed by atoms with Crippen LogP contribution in [0.5, 0.6) is 0 Å². The molecular weight excluding hydrogens is 184 g/mol. The molecule has 0 aromatic heterocycles. The Kier molecular flexibility index (Phi) is 6.96. The van der Waals surface area contributed by atoms with E-state index in [1.807, 2.05) is 0 Å². The van der Waals surface area contributed by atoms with Gasteiger partial charge in [-0.2, -0.15) is 0 Å². The van der Waals surface area contributed by atoms with E-state index in [-0.39, 0.29) is 6.42 Å². The summed E-state index contributed by atoms with van der Waals surface area (Å²) in [7, 11) is 0. The molecule has 14 heavy (non-hydrogen) atoms. The van der Waals surface area contributed by atoms with Gasteiger partial charge in [-0.05, 0) is 26.3 Å². The third-order valence-corrected chi connectivity index (χ3v) is 1.67. The average molecular weight is 202 g/mol. The first-order chi connectivity index (χ1) is 6.57. The molecule has 1 atom stereocenters. The molecular formula is C9H18N2O3. The fraction of sp³-hybridized carbons (Fsp3) is 0.778. The van der Waals surface area contributed by atoms with Gasteiger partial charge in [0.2, 0.25) is 0 Å². The SMILES string of the molecule is C[C@@H](N)C(=O)OC(=O)CCCCCN. The Morgan fingerprint density at radius 3 is 2.43 bits per heavy atom. The summed E-state index contributed by atoms with van der Waals surface area (Å²) in [6, 6.07) is -0.747. The zero-order valence-corrected chi connectivity index (χ0v) is 8.49. The first kappa shape index (κ1) is 13.1. The van der Waals surface area contributed by atoms with Crippen LogP contribution in [-0.2, 0) is 14.3 Å². The van der Waals surface area contributed by atoms with Crippen molar-refractivity contribution in [3.8, 4) is 0 Å². The van der Waals surface area contributed by atoms with Gasteiger partial charge in [0, 0.05) is 6.42 Å². The molecule has 0 radical (unpaired) electrons. The third-order valence-electron chi connectivity index (χ3n) is 1.67. The normalized spacial score (nSPS) is 12.2. The predicted octanol–water partition coefficient (Wildman–Crippen LogP) is -0.0775. The largest absolute Gasteiger partial charge is 0.392 e. The Hall–Kier alpha value is -0.940. The Balaban J connectivity index is 3.51. The second kappa shape index (κ2) is 7.46. The molecule has 5 nitrogen and oxygen atoms in total. The van der Waals surface area contributed by atoms with Crippen molar-refractivity contribution < 1.29 is 14.3 Å². The monoisotopic (exact) mass is 202 g/mol. The van der Waals surface area contributed by atoms with E-state index >= 15 is 0 Å². The number of esters is 2.